The number of nitrogens with one attached hydrogen (secondary N) is 1. The summed E-state index contributed by atoms with van der Waals surface area (Å²) in [6.07, 6.45) is 0. The van der Waals surface area contributed by atoms with Gasteiger partial charge in [-0.2, -0.15) is 0 Å². The Kier molecular flexibility index (Phi) is 3.29. The molecule has 1 aliphatic heterocycles. The molecule has 1 heterocycles. The Balaban J connectivity index is 2.42. The Morgan fingerprint density at radius 1 is 1.35 bits per heavy atom. The van der Waals surface area contributed by atoms with Crippen molar-refractivity contribution >= 4 is 5.69 Å². The van der Waals surface area contributed by atoms with Crippen molar-refractivity contribution < 1.29 is 4.74 Å². The van der Waals surface area contributed by atoms with Gasteiger partial charge in [0, 0.05) is 24.7 Å². The van der Waals surface area contributed by atoms with Gasteiger partial charge in [0.05, 0.1) is 12.8 Å². The molecular formula is C14H22N2O. The Morgan fingerprint density at radius 2 is 2.06 bits per heavy atom. The molecule has 17 heavy (non-hydrogen) atoms. The summed E-state index contributed by atoms with van der Waals surface area (Å²) in [4.78, 5) is 2.46. The molecule has 2 rings (SSSR count). The minimum Gasteiger partial charge on any atom is -0.495 e. The molecule has 3 nitrogen and oxygen atoms in total. The van der Waals surface area contributed by atoms with E-state index in [9.17, 15) is 0 Å². The first kappa shape index (κ1) is 12.2. The molecule has 1 fully saturated rings. The smallest absolute Gasteiger partial charge is 0.142 e. The number of nitrogens with zero attached hydrogens (tertiary/aromatic N) is 1. The predicted octanol–water partition coefficient (Wildman–Crippen LogP) is 2.27. The van der Waals surface area contributed by atoms with Gasteiger partial charge in [-0.15, -0.1) is 0 Å². The van der Waals surface area contributed by atoms with Crippen molar-refractivity contribution in [3.8, 4) is 5.75 Å². The third-order valence-electron chi connectivity index (χ3n) is 3.43. The molecule has 1 unspecified atom stereocenters. The molecule has 94 valence electrons. The number of rotatable bonds is 2. The Hall–Kier alpha value is -1.22. The van der Waals surface area contributed by atoms with Gasteiger partial charge >= 0.3 is 0 Å². The van der Waals surface area contributed by atoms with E-state index >= 15 is 0 Å². The van der Waals surface area contributed by atoms with E-state index in [4.69, 9.17) is 4.74 Å². The number of methoxy groups -OCH3 is 1. The van der Waals surface area contributed by atoms with Gasteiger partial charge < -0.3 is 15.0 Å². The second-order valence-corrected chi connectivity index (χ2v) is 5.33. The van der Waals surface area contributed by atoms with Gasteiger partial charge in [-0.05, 0) is 32.9 Å². The molecular weight excluding hydrogens is 212 g/mol. The van der Waals surface area contributed by atoms with Gasteiger partial charge in [0.15, 0.2) is 0 Å². The highest BCUT2D eigenvalue weighted by Crippen LogP contribution is 2.35. The van der Waals surface area contributed by atoms with Crippen molar-refractivity contribution in [2.75, 3.05) is 25.1 Å². The molecule has 1 aromatic rings. The lowest BCUT2D eigenvalue weighted by molar-refractivity contribution is 0.327. The van der Waals surface area contributed by atoms with Gasteiger partial charge in [0.1, 0.15) is 5.75 Å². The van der Waals surface area contributed by atoms with E-state index in [1.54, 1.807) is 7.11 Å². The highest BCUT2D eigenvalue weighted by Gasteiger charge is 2.35. The van der Waals surface area contributed by atoms with Crippen molar-refractivity contribution in [3.05, 3.63) is 24.3 Å². The standard InChI is InChI=1S/C14H22N2O/c1-11-9-15-10-14(2,3)16(11)12-7-5-6-8-13(12)17-4/h5-8,11,15H,9-10H2,1-4H3. The summed E-state index contributed by atoms with van der Waals surface area (Å²) in [5.74, 6) is 0.953. The molecule has 1 aliphatic rings. The van der Waals surface area contributed by atoms with Crippen LogP contribution in [-0.4, -0.2) is 31.8 Å². The first-order valence-electron chi connectivity index (χ1n) is 6.19. The normalized spacial score (nSPS) is 23.5. The molecule has 0 amide bonds. The summed E-state index contributed by atoms with van der Waals surface area (Å²) in [6, 6.07) is 8.73. The van der Waals surface area contributed by atoms with E-state index in [0.29, 0.717) is 6.04 Å². The van der Waals surface area contributed by atoms with Crippen LogP contribution in [0.4, 0.5) is 5.69 Å². The molecule has 0 saturated carbocycles. The fourth-order valence-electron chi connectivity index (χ4n) is 2.75. The van der Waals surface area contributed by atoms with E-state index < -0.39 is 0 Å². The highest BCUT2D eigenvalue weighted by atomic mass is 16.5. The summed E-state index contributed by atoms with van der Waals surface area (Å²) in [5, 5.41) is 3.48. The maximum absolute atomic E-state index is 5.48. The molecule has 1 saturated heterocycles. The van der Waals surface area contributed by atoms with E-state index in [2.05, 4.69) is 43.1 Å². The molecule has 1 N–H and O–H groups in total. The molecule has 0 bridgehead atoms. The minimum absolute atomic E-state index is 0.103. The monoisotopic (exact) mass is 234 g/mol. The fourth-order valence-corrected chi connectivity index (χ4v) is 2.75. The van der Waals surface area contributed by atoms with Crippen LogP contribution in [0.15, 0.2) is 24.3 Å². The molecule has 0 spiro atoms. The SMILES string of the molecule is COc1ccccc1N1C(C)CNCC1(C)C. The van der Waals surface area contributed by atoms with E-state index in [0.717, 1.165) is 18.8 Å². The summed E-state index contributed by atoms with van der Waals surface area (Å²) >= 11 is 0. The molecule has 1 atom stereocenters. The summed E-state index contributed by atoms with van der Waals surface area (Å²) in [5.41, 5.74) is 1.29. The summed E-state index contributed by atoms with van der Waals surface area (Å²) < 4.78 is 5.48. The minimum atomic E-state index is 0.103. The quantitative estimate of drug-likeness (QED) is 0.849. The molecule has 1 aromatic carbocycles. The number of ether oxygens (including phenoxy) is 1. The van der Waals surface area contributed by atoms with E-state index in [1.807, 2.05) is 12.1 Å². The third kappa shape index (κ3) is 2.25. The lowest BCUT2D eigenvalue weighted by atomic mass is 9.95. The second kappa shape index (κ2) is 4.57. The molecule has 0 aliphatic carbocycles. The predicted molar refractivity (Wildman–Crippen MR) is 71.9 cm³/mol. The van der Waals surface area contributed by atoms with Crippen LogP contribution in [-0.2, 0) is 0 Å². The molecule has 3 heteroatoms. The van der Waals surface area contributed by atoms with E-state index in [1.165, 1.54) is 5.69 Å². The van der Waals surface area contributed by atoms with Crippen LogP contribution in [0.2, 0.25) is 0 Å². The summed E-state index contributed by atoms with van der Waals surface area (Å²) in [6.45, 7) is 8.79. The highest BCUT2D eigenvalue weighted by molar-refractivity contribution is 5.61. The van der Waals surface area contributed by atoms with Crippen LogP contribution in [0.3, 0.4) is 0 Å². The van der Waals surface area contributed by atoms with Gasteiger partial charge in [0.25, 0.3) is 0 Å². The fraction of sp³-hybridized carbons (Fsp3) is 0.571. The summed E-state index contributed by atoms with van der Waals surface area (Å²) in [7, 11) is 1.73. The largest absolute Gasteiger partial charge is 0.495 e. The average molecular weight is 234 g/mol. The van der Waals surface area contributed by atoms with Gasteiger partial charge in [0.2, 0.25) is 0 Å². The zero-order valence-electron chi connectivity index (χ0n) is 11.2. The van der Waals surface area contributed by atoms with Crippen LogP contribution in [0.5, 0.6) is 5.75 Å². The average Bonchev–Trinajstić information content (AvgIpc) is 2.28. The second-order valence-electron chi connectivity index (χ2n) is 5.33. The number of piperazine rings is 1. The lowest BCUT2D eigenvalue weighted by Gasteiger charge is -2.49. The van der Waals surface area contributed by atoms with Crippen molar-refractivity contribution in [2.24, 2.45) is 0 Å². The van der Waals surface area contributed by atoms with Crippen molar-refractivity contribution in [1.82, 2.24) is 5.32 Å². The lowest BCUT2D eigenvalue weighted by Crippen LogP contribution is -2.62. The number of hydrogen-bond acceptors (Lipinski definition) is 3. The topological polar surface area (TPSA) is 24.5 Å². The van der Waals surface area contributed by atoms with Crippen molar-refractivity contribution in [1.29, 1.82) is 0 Å². The maximum Gasteiger partial charge on any atom is 0.142 e. The number of para-hydroxylation sites is 2. The zero-order valence-corrected chi connectivity index (χ0v) is 11.2. The van der Waals surface area contributed by atoms with Crippen LogP contribution in [0.25, 0.3) is 0 Å². The third-order valence-corrected chi connectivity index (χ3v) is 3.43. The first-order valence-corrected chi connectivity index (χ1v) is 6.19. The van der Waals surface area contributed by atoms with Gasteiger partial charge in [-0.1, -0.05) is 12.1 Å². The Labute approximate surface area is 104 Å². The number of anilines is 1. The number of hydrogen-bond donors (Lipinski definition) is 1. The van der Waals surface area contributed by atoms with Crippen molar-refractivity contribution in [3.63, 3.8) is 0 Å². The Morgan fingerprint density at radius 3 is 2.71 bits per heavy atom. The van der Waals surface area contributed by atoms with Crippen LogP contribution in [0.1, 0.15) is 20.8 Å². The Bertz CT molecular complexity index is 390. The zero-order chi connectivity index (χ0) is 12.5. The van der Waals surface area contributed by atoms with Crippen LogP contribution in [0, 0.1) is 0 Å². The van der Waals surface area contributed by atoms with Gasteiger partial charge in [-0.3, -0.25) is 0 Å². The van der Waals surface area contributed by atoms with Crippen LogP contribution < -0.4 is 15.0 Å². The molecule has 0 aromatic heterocycles. The van der Waals surface area contributed by atoms with Crippen LogP contribution >= 0.6 is 0 Å². The van der Waals surface area contributed by atoms with E-state index in [-0.39, 0.29) is 5.54 Å². The molecule has 0 radical (unpaired) electrons. The first-order chi connectivity index (χ1) is 8.06. The maximum atomic E-state index is 5.48. The van der Waals surface area contributed by atoms with Gasteiger partial charge in [-0.25, -0.2) is 0 Å². The number of benzene rings is 1. The van der Waals surface area contributed by atoms with Crippen molar-refractivity contribution in [2.45, 2.75) is 32.4 Å².